The van der Waals surface area contributed by atoms with Crippen molar-refractivity contribution in [3.8, 4) is 0 Å². The molecule has 0 amide bonds. The highest BCUT2D eigenvalue weighted by atomic mass is 79.9. The van der Waals surface area contributed by atoms with E-state index in [0.29, 0.717) is 5.69 Å². The number of H-pyrrole nitrogens is 1. The van der Waals surface area contributed by atoms with E-state index in [9.17, 15) is 4.79 Å². The number of halogens is 1. The highest BCUT2D eigenvalue weighted by Crippen LogP contribution is 2.23. The van der Waals surface area contributed by atoms with Crippen LogP contribution in [0.25, 0.3) is 0 Å². The Morgan fingerprint density at radius 1 is 1.30 bits per heavy atom. The number of hydrogen-bond donors (Lipinski definition) is 2. The van der Waals surface area contributed by atoms with Gasteiger partial charge in [-0.3, -0.25) is 4.79 Å². The van der Waals surface area contributed by atoms with E-state index in [-0.39, 0.29) is 5.56 Å². The van der Waals surface area contributed by atoms with Crippen molar-refractivity contribution in [1.29, 1.82) is 0 Å². The second-order valence-corrected chi connectivity index (χ2v) is 5.74. The molecule has 0 aliphatic rings. The zero-order valence-corrected chi connectivity index (χ0v) is 13.6. The molecule has 0 aliphatic heterocycles. The van der Waals surface area contributed by atoms with Crippen molar-refractivity contribution >= 4 is 21.6 Å². The third-order valence-electron chi connectivity index (χ3n) is 3.52. The van der Waals surface area contributed by atoms with E-state index in [0.717, 1.165) is 28.6 Å². The van der Waals surface area contributed by atoms with Gasteiger partial charge in [-0.05, 0) is 42.2 Å². The first kappa shape index (κ1) is 14.9. The minimum absolute atomic E-state index is 0.0489. The van der Waals surface area contributed by atoms with Gasteiger partial charge >= 0.3 is 0 Å². The molecule has 0 unspecified atom stereocenters. The van der Waals surface area contributed by atoms with Crippen molar-refractivity contribution in [1.82, 2.24) is 4.98 Å². The molecule has 1 aromatic carbocycles. The van der Waals surface area contributed by atoms with Crippen molar-refractivity contribution in [2.24, 2.45) is 0 Å². The second kappa shape index (κ2) is 6.27. The Morgan fingerprint density at radius 2 is 2.05 bits per heavy atom. The standard InChI is InChI=1S/C16H19BrN2O/c1-4-13-10(2)19-16(20)15(18-3)14(13)9-11-6-5-7-12(17)8-11/h5-8,18H,4,9H2,1-3H3,(H,19,20). The number of benzene rings is 1. The first-order valence-corrected chi connectivity index (χ1v) is 7.53. The summed E-state index contributed by atoms with van der Waals surface area (Å²) >= 11 is 3.49. The van der Waals surface area contributed by atoms with Gasteiger partial charge in [-0.25, -0.2) is 0 Å². The van der Waals surface area contributed by atoms with E-state index in [1.54, 1.807) is 7.05 Å². The summed E-state index contributed by atoms with van der Waals surface area (Å²) in [6, 6.07) is 8.20. The first-order valence-electron chi connectivity index (χ1n) is 6.73. The number of pyridine rings is 1. The van der Waals surface area contributed by atoms with Crippen LogP contribution in [0.2, 0.25) is 0 Å². The van der Waals surface area contributed by atoms with E-state index < -0.39 is 0 Å². The summed E-state index contributed by atoms with van der Waals surface area (Å²) in [5.74, 6) is 0. The van der Waals surface area contributed by atoms with Crippen LogP contribution in [0.5, 0.6) is 0 Å². The van der Waals surface area contributed by atoms with Crippen LogP contribution >= 0.6 is 15.9 Å². The van der Waals surface area contributed by atoms with E-state index in [1.165, 1.54) is 11.1 Å². The van der Waals surface area contributed by atoms with Crippen molar-refractivity contribution in [2.45, 2.75) is 26.7 Å². The normalized spacial score (nSPS) is 10.6. The molecule has 0 bridgehead atoms. The molecule has 4 heteroatoms. The van der Waals surface area contributed by atoms with Crippen LogP contribution < -0.4 is 10.9 Å². The molecule has 2 aromatic rings. The van der Waals surface area contributed by atoms with Gasteiger partial charge in [0.2, 0.25) is 0 Å². The summed E-state index contributed by atoms with van der Waals surface area (Å²) in [5.41, 5.74) is 5.08. The molecule has 106 valence electrons. The molecule has 0 spiro atoms. The number of hydrogen-bond acceptors (Lipinski definition) is 2. The summed E-state index contributed by atoms with van der Waals surface area (Å²) < 4.78 is 1.06. The molecular formula is C16H19BrN2O. The third kappa shape index (κ3) is 2.96. The van der Waals surface area contributed by atoms with Crippen molar-refractivity contribution in [3.63, 3.8) is 0 Å². The molecular weight excluding hydrogens is 316 g/mol. The number of nitrogens with one attached hydrogen (secondary N) is 2. The number of anilines is 1. The Labute approximate surface area is 127 Å². The Hall–Kier alpha value is -1.55. The monoisotopic (exact) mass is 334 g/mol. The number of aryl methyl sites for hydroxylation is 1. The average molecular weight is 335 g/mol. The Bertz CT molecular complexity index is 677. The topological polar surface area (TPSA) is 44.9 Å². The third-order valence-corrected chi connectivity index (χ3v) is 4.01. The summed E-state index contributed by atoms with van der Waals surface area (Å²) in [7, 11) is 1.80. The molecule has 1 aromatic heterocycles. The van der Waals surface area contributed by atoms with Gasteiger partial charge in [-0.15, -0.1) is 0 Å². The molecule has 0 aliphatic carbocycles. The molecule has 0 saturated carbocycles. The Morgan fingerprint density at radius 3 is 2.65 bits per heavy atom. The maximum atomic E-state index is 12.1. The molecule has 3 nitrogen and oxygen atoms in total. The van der Waals surface area contributed by atoms with E-state index in [1.807, 2.05) is 19.1 Å². The quantitative estimate of drug-likeness (QED) is 0.896. The average Bonchev–Trinajstić information content (AvgIpc) is 2.39. The summed E-state index contributed by atoms with van der Waals surface area (Å²) in [4.78, 5) is 15.0. The number of aromatic amines is 1. The highest BCUT2D eigenvalue weighted by molar-refractivity contribution is 9.10. The largest absolute Gasteiger partial charge is 0.383 e. The molecule has 20 heavy (non-hydrogen) atoms. The van der Waals surface area contributed by atoms with Crippen LogP contribution in [-0.2, 0) is 12.8 Å². The summed E-state index contributed by atoms with van der Waals surface area (Å²) in [5, 5.41) is 3.05. The predicted molar refractivity (Wildman–Crippen MR) is 87.7 cm³/mol. The fraction of sp³-hybridized carbons (Fsp3) is 0.312. The van der Waals surface area contributed by atoms with Crippen LogP contribution in [0, 0.1) is 6.92 Å². The van der Waals surface area contributed by atoms with Gasteiger partial charge in [0.1, 0.15) is 5.69 Å². The number of aromatic nitrogens is 1. The molecule has 2 rings (SSSR count). The van der Waals surface area contributed by atoms with Gasteiger partial charge in [0.25, 0.3) is 5.56 Å². The smallest absolute Gasteiger partial charge is 0.271 e. The van der Waals surface area contributed by atoms with Crippen molar-refractivity contribution in [2.75, 3.05) is 12.4 Å². The van der Waals surface area contributed by atoms with E-state index >= 15 is 0 Å². The minimum atomic E-state index is -0.0489. The lowest BCUT2D eigenvalue weighted by Gasteiger charge is -2.15. The zero-order valence-electron chi connectivity index (χ0n) is 12.0. The van der Waals surface area contributed by atoms with Crippen molar-refractivity contribution < 1.29 is 0 Å². The number of rotatable bonds is 4. The lowest BCUT2D eigenvalue weighted by molar-refractivity contribution is 0.975. The molecule has 0 saturated heterocycles. The van der Waals surface area contributed by atoms with E-state index in [2.05, 4.69) is 45.3 Å². The Balaban J connectivity index is 2.57. The van der Waals surface area contributed by atoms with Crippen LogP contribution in [-0.4, -0.2) is 12.0 Å². The Kier molecular flexibility index (Phi) is 4.65. The maximum absolute atomic E-state index is 12.1. The van der Waals surface area contributed by atoms with Crippen LogP contribution in [0.3, 0.4) is 0 Å². The van der Waals surface area contributed by atoms with Crippen LogP contribution in [0.15, 0.2) is 33.5 Å². The predicted octanol–water partition coefficient (Wildman–Crippen LogP) is 3.64. The molecule has 2 N–H and O–H groups in total. The summed E-state index contributed by atoms with van der Waals surface area (Å²) in [6.45, 7) is 4.08. The van der Waals surface area contributed by atoms with Gasteiger partial charge < -0.3 is 10.3 Å². The van der Waals surface area contributed by atoms with E-state index in [4.69, 9.17) is 0 Å². The summed E-state index contributed by atoms with van der Waals surface area (Å²) in [6.07, 6.45) is 1.66. The molecule has 1 heterocycles. The SMILES string of the molecule is CCc1c(C)[nH]c(=O)c(NC)c1Cc1cccc(Br)c1. The zero-order chi connectivity index (χ0) is 14.7. The van der Waals surface area contributed by atoms with Gasteiger partial charge in [-0.2, -0.15) is 0 Å². The van der Waals surface area contributed by atoms with Gasteiger partial charge in [-0.1, -0.05) is 35.0 Å². The van der Waals surface area contributed by atoms with Crippen LogP contribution in [0.4, 0.5) is 5.69 Å². The minimum Gasteiger partial charge on any atom is -0.383 e. The van der Waals surface area contributed by atoms with Crippen molar-refractivity contribution in [3.05, 3.63) is 61.5 Å². The lowest BCUT2D eigenvalue weighted by Crippen LogP contribution is -2.18. The first-order chi connectivity index (χ1) is 9.56. The fourth-order valence-electron chi connectivity index (χ4n) is 2.61. The lowest BCUT2D eigenvalue weighted by atomic mass is 9.96. The van der Waals surface area contributed by atoms with Gasteiger partial charge in [0, 0.05) is 23.6 Å². The molecule has 0 radical (unpaired) electrons. The molecule has 0 atom stereocenters. The van der Waals surface area contributed by atoms with Gasteiger partial charge in [0.05, 0.1) is 0 Å². The highest BCUT2D eigenvalue weighted by Gasteiger charge is 2.14. The van der Waals surface area contributed by atoms with Gasteiger partial charge in [0.15, 0.2) is 0 Å². The fourth-order valence-corrected chi connectivity index (χ4v) is 3.06. The van der Waals surface area contributed by atoms with Crippen LogP contribution in [0.1, 0.15) is 29.3 Å². The maximum Gasteiger partial charge on any atom is 0.271 e. The molecule has 0 fully saturated rings. The second-order valence-electron chi connectivity index (χ2n) is 4.82.